The van der Waals surface area contributed by atoms with Crippen molar-refractivity contribution in [2.24, 2.45) is 11.1 Å². The van der Waals surface area contributed by atoms with Gasteiger partial charge in [0.2, 0.25) is 0 Å². The second-order valence-electron chi connectivity index (χ2n) is 6.49. The summed E-state index contributed by atoms with van der Waals surface area (Å²) in [5, 5.41) is 0. The molecule has 2 unspecified atom stereocenters. The first-order valence-electron chi connectivity index (χ1n) is 7.10. The predicted molar refractivity (Wildman–Crippen MR) is 73.9 cm³/mol. The highest BCUT2D eigenvalue weighted by molar-refractivity contribution is 5.38. The Kier molecular flexibility index (Phi) is 2.86. The number of hydrogen-bond donors (Lipinski definition) is 1. The van der Waals surface area contributed by atoms with E-state index in [0.29, 0.717) is 0 Å². The van der Waals surface area contributed by atoms with Crippen molar-refractivity contribution >= 4 is 0 Å². The van der Waals surface area contributed by atoms with Gasteiger partial charge < -0.3 is 10.5 Å². The third-order valence-electron chi connectivity index (χ3n) is 4.73. The van der Waals surface area contributed by atoms with E-state index in [1.54, 1.807) is 0 Å². The van der Waals surface area contributed by atoms with Crippen molar-refractivity contribution in [3.8, 4) is 5.75 Å². The standard InChI is InChI=1S/C16H23NO/c1-16(2)9-8-14(15(16)17)18-13-7-6-11-4-3-5-12(11)10-13/h6-7,10,14-15H,3-5,8-9,17H2,1-2H3. The van der Waals surface area contributed by atoms with Gasteiger partial charge in [0.25, 0.3) is 0 Å². The van der Waals surface area contributed by atoms with E-state index in [-0.39, 0.29) is 17.6 Å². The number of nitrogens with two attached hydrogens (primary N) is 1. The summed E-state index contributed by atoms with van der Waals surface area (Å²) in [5.74, 6) is 1.01. The van der Waals surface area contributed by atoms with E-state index in [2.05, 4.69) is 32.0 Å². The molecular formula is C16H23NO. The van der Waals surface area contributed by atoms with E-state index in [9.17, 15) is 0 Å². The molecule has 1 saturated carbocycles. The number of rotatable bonds is 2. The average Bonchev–Trinajstić information content (AvgIpc) is 2.89. The minimum atomic E-state index is 0.144. The molecule has 2 N–H and O–H groups in total. The van der Waals surface area contributed by atoms with Gasteiger partial charge in [-0.15, -0.1) is 0 Å². The molecule has 2 heteroatoms. The Bertz CT molecular complexity index is 452. The van der Waals surface area contributed by atoms with Gasteiger partial charge >= 0.3 is 0 Å². The number of hydrogen-bond acceptors (Lipinski definition) is 2. The van der Waals surface area contributed by atoms with Crippen molar-refractivity contribution in [3.05, 3.63) is 29.3 Å². The van der Waals surface area contributed by atoms with Crippen LogP contribution in [0.1, 0.15) is 44.2 Å². The van der Waals surface area contributed by atoms with Crippen LogP contribution in [0, 0.1) is 5.41 Å². The molecule has 0 saturated heterocycles. The molecular weight excluding hydrogens is 222 g/mol. The lowest BCUT2D eigenvalue weighted by Gasteiger charge is -2.27. The van der Waals surface area contributed by atoms with Crippen LogP contribution in [-0.4, -0.2) is 12.1 Å². The van der Waals surface area contributed by atoms with Gasteiger partial charge in [-0.25, -0.2) is 0 Å². The Morgan fingerprint density at radius 3 is 2.72 bits per heavy atom. The molecule has 1 fully saturated rings. The normalized spacial score (nSPS) is 29.3. The summed E-state index contributed by atoms with van der Waals surface area (Å²) in [6.45, 7) is 4.48. The van der Waals surface area contributed by atoms with Crippen LogP contribution in [0.5, 0.6) is 5.75 Å². The minimum Gasteiger partial charge on any atom is -0.489 e. The molecule has 1 aromatic carbocycles. The molecule has 1 aromatic rings. The smallest absolute Gasteiger partial charge is 0.120 e. The van der Waals surface area contributed by atoms with Gasteiger partial charge in [-0.05, 0) is 60.8 Å². The highest BCUT2D eigenvalue weighted by Crippen LogP contribution is 2.38. The van der Waals surface area contributed by atoms with E-state index < -0.39 is 0 Å². The molecule has 0 aromatic heterocycles. The van der Waals surface area contributed by atoms with Crippen LogP contribution in [-0.2, 0) is 12.8 Å². The van der Waals surface area contributed by atoms with E-state index in [4.69, 9.17) is 10.5 Å². The van der Waals surface area contributed by atoms with Crippen molar-refractivity contribution in [1.29, 1.82) is 0 Å². The average molecular weight is 245 g/mol. The fraction of sp³-hybridized carbons (Fsp3) is 0.625. The van der Waals surface area contributed by atoms with Crippen molar-refractivity contribution in [2.45, 2.75) is 58.1 Å². The molecule has 0 spiro atoms. The maximum Gasteiger partial charge on any atom is 0.120 e. The summed E-state index contributed by atoms with van der Waals surface area (Å²) in [6.07, 6.45) is 6.13. The minimum absolute atomic E-state index is 0.144. The quantitative estimate of drug-likeness (QED) is 0.869. The Labute approximate surface area is 110 Å². The molecule has 3 rings (SSSR count). The maximum absolute atomic E-state index is 6.29. The molecule has 18 heavy (non-hydrogen) atoms. The summed E-state index contributed by atoms with van der Waals surface area (Å²) < 4.78 is 6.12. The number of aryl methyl sites for hydroxylation is 2. The fourth-order valence-corrected chi connectivity index (χ4v) is 3.29. The van der Waals surface area contributed by atoms with Crippen molar-refractivity contribution in [2.75, 3.05) is 0 Å². The van der Waals surface area contributed by atoms with Gasteiger partial charge in [0, 0.05) is 6.04 Å². The van der Waals surface area contributed by atoms with Gasteiger partial charge in [-0.2, -0.15) is 0 Å². The highest BCUT2D eigenvalue weighted by Gasteiger charge is 2.40. The monoisotopic (exact) mass is 245 g/mol. The van der Waals surface area contributed by atoms with Gasteiger partial charge in [-0.3, -0.25) is 0 Å². The van der Waals surface area contributed by atoms with Crippen molar-refractivity contribution in [3.63, 3.8) is 0 Å². The van der Waals surface area contributed by atoms with Crippen LogP contribution < -0.4 is 10.5 Å². The molecule has 2 aliphatic rings. The van der Waals surface area contributed by atoms with Gasteiger partial charge in [0.05, 0.1) is 0 Å². The van der Waals surface area contributed by atoms with Crippen LogP contribution in [0.15, 0.2) is 18.2 Å². The summed E-state index contributed by atoms with van der Waals surface area (Å²) >= 11 is 0. The van der Waals surface area contributed by atoms with E-state index in [1.807, 2.05) is 0 Å². The molecule has 0 amide bonds. The lowest BCUT2D eigenvalue weighted by Crippen LogP contribution is -2.42. The molecule has 0 heterocycles. The Morgan fingerprint density at radius 1 is 1.22 bits per heavy atom. The van der Waals surface area contributed by atoms with Gasteiger partial charge in [-0.1, -0.05) is 19.9 Å². The predicted octanol–water partition coefficient (Wildman–Crippen LogP) is 3.07. The molecule has 2 nitrogen and oxygen atoms in total. The molecule has 2 atom stereocenters. The van der Waals surface area contributed by atoms with Crippen molar-refractivity contribution in [1.82, 2.24) is 0 Å². The van der Waals surface area contributed by atoms with Crippen molar-refractivity contribution < 1.29 is 4.74 Å². The van der Waals surface area contributed by atoms with Crippen LogP contribution >= 0.6 is 0 Å². The van der Waals surface area contributed by atoms with E-state index in [0.717, 1.165) is 18.6 Å². The lowest BCUT2D eigenvalue weighted by molar-refractivity contribution is 0.164. The molecule has 0 radical (unpaired) electrons. The highest BCUT2D eigenvalue weighted by atomic mass is 16.5. The zero-order valence-corrected chi connectivity index (χ0v) is 11.4. The second-order valence-corrected chi connectivity index (χ2v) is 6.49. The molecule has 2 aliphatic carbocycles. The van der Waals surface area contributed by atoms with E-state index in [1.165, 1.54) is 30.4 Å². The summed E-state index contributed by atoms with van der Waals surface area (Å²) in [4.78, 5) is 0. The third kappa shape index (κ3) is 2.03. The van der Waals surface area contributed by atoms with Crippen LogP contribution in [0.3, 0.4) is 0 Å². The summed E-state index contributed by atoms with van der Waals surface area (Å²) in [6, 6.07) is 6.71. The Balaban J connectivity index is 1.74. The van der Waals surface area contributed by atoms with Crippen LogP contribution in [0.4, 0.5) is 0 Å². The third-order valence-corrected chi connectivity index (χ3v) is 4.73. The molecule has 0 bridgehead atoms. The SMILES string of the molecule is CC1(C)CCC(Oc2ccc3c(c2)CCC3)C1N. The fourth-order valence-electron chi connectivity index (χ4n) is 3.29. The largest absolute Gasteiger partial charge is 0.489 e. The number of fused-ring (bicyclic) bond motifs is 1. The zero-order valence-electron chi connectivity index (χ0n) is 11.4. The first kappa shape index (κ1) is 12.0. The summed E-state index contributed by atoms with van der Waals surface area (Å²) in [5.41, 5.74) is 9.47. The van der Waals surface area contributed by atoms with Gasteiger partial charge in [0.1, 0.15) is 11.9 Å². The molecule has 98 valence electrons. The lowest BCUT2D eigenvalue weighted by atomic mass is 9.88. The number of benzene rings is 1. The first-order chi connectivity index (χ1) is 8.56. The first-order valence-corrected chi connectivity index (χ1v) is 7.10. The van der Waals surface area contributed by atoms with E-state index >= 15 is 0 Å². The van der Waals surface area contributed by atoms with Crippen LogP contribution in [0.2, 0.25) is 0 Å². The second kappa shape index (κ2) is 4.27. The van der Waals surface area contributed by atoms with Gasteiger partial charge in [0.15, 0.2) is 0 Å². The summed E-state index contributed by atoms with van der Waals surface area (Å²) in [7, 11) is 0. The van der Waals surface area contributed by atoms with Crippen LogP contribution in [0.25, 0.3) is 0 Å². The molecule has 0 aliphatic heterocycles. The number of ether oxygens (including phenoxy) is 1. The maximum atomic E-state index is 6.29. The Hall–Kier alpha value is -1.02. The zero-order chi connectivity index (χ0) is 12.8. The Morgan fingerprint density at radius 2 is 2.00 bits per heavy atom. The topological polar surface area (TPSA) is 35.2 Å².